The Labute approximate surface area is 375 Å². The monoisotopic (exact) mass is 856 g/mol. The van der Waals surface area contributed by atoms with Crippen LogP contribution in [0.4, 0.5) is 0 Å². The number of nitrogens with zero attached hydrogens (tertiary/aromatic N) is 1. The SMILES string of the molecule is CC/C=C/C/C=C/C/C=C/CCCCCCCCCCCCC(=O)OC(COCCC(C(=O)[O-])[N+](C)(C)C)COC(=O)CCCCCCCCC/C=C/C/C=C/CCCCC. The average Bonchev–Trinajstić information content (AvgIpc) is 3.22. The van der Waals surface area contributed by atoms with Gasteiger partial charge in [0.15, 0.2) is 6.10 Å². The number of hydrogen-bond acceptors (Lipinski definition) is 7. The van der Waals surface area contributed by atoms with Gasteiger partial charge in [-0.1, -0.05) is 171 Å². The minimum absolute atomic E-state index is 0.0353. The van der Waals surface area contributed by atoms with Gasteiger partial charge in [0.1, 0.15) is 12.6 Å². The molecule has 0 heterocycles. The molecular formula is C53H93NO7. The van der Waals surface area contributed by atoms with Crippen molar-refractivity contribution in [1.82, 2.24) is 0 Å². The molecule has 0 radical (unpaired) electrons. The normalized spacial score (nSPS) is 13.4. The fourth-order valence-electron chi connectivity index (χ4n) is 7.06. The molecule has 0 saturated carbocycles. The molecule has 0 N–H and O–H groups in total. The van der Waals surface area contributed by atoms with E-state index in [-0.39, 0.29) is 42.7 Å². The van der Waals surface area contributed by atoms with Gasteiger partial charge in [-0.05, 0) is 77.0 Å². The lowest BCUT2D eigenvalue weighted by molar-refractivity contribution is -0.889. The molecule has 0 aromatic rings. The summed E-state index contributed by atoms with van der Waals surface area (Å²) in [4.78, 5) is 37.0. The molecule has 0 saturated heterocycles. The zero-order valence-electron chi connectivity index (χ0n) is 40.1. The Kier molecular flexibility index (Phi) is 41.5. The Morgan fingerprint density at radius 1 is 0.508 bits per heavy atom. The third kappa shape index (κ3) is 42.1. The van der Waals surface area contributed by atoms with E-state index in [4.69, 9.17) is 14.2 Å². The maximum Gasteiger partial charge on any atom is 0.306 e. The molecule has 8 nitrogen and oxygen atoms in total. The van der Waals surface area contributed by atoms with Crippen molar-refractivity contribution in [2.75, 3.05) is 41.0 Å². The highest BCUT2D eigenvalue weighted by Gasteiger charge is 2.25. The number of hydrogen-bond donors (Lipinski definition) is 0. The molecule has 8 heteroatoms. The van der Waals surface area contributed by atoms with E-state index in [0.29, 0.717) is 12.8 Å². The minimum atomic E-state index is -1.13. The lowest BCUT2D eigenvalue weighted by atomic mass is 10.0. The summed E-state index contributed by atoms with van der Waals surface area (Å²) in [5, 5.41) is 11.7. The molecule has 0 aromatic carbocycles. The Morgan fingerprint density at radius 2 is 0.918 bits per heavy atom. The third-order valence-electron chi connectivity index (χ3n) is 10.9. The van der Waals surface area contributed by atoms with Crippen molar-refractivity contribution in [1.29, 1.82) is 0 Å². The number of rotatable bonds is 44. The highest BCUT2D eigenvalue weighted by Crippen LogP contribution is 2.15. The van der Waals surface area contributed by atoms with Crippen molar-refractivity contribution >= 4 is 17.9 Å². The fourth-order valence-corrected chi connectivity index (χ4v) is 7.06. The quantitative estimate of drug-likeness (QED) is 0.0260. The Bertz CT molecular complexity index is 1180. The van der Waals surface area contributed by atoms with E-state index in [1.807, 2.05) is 0 Å². The molecule has 0 aliphatic rings. The maximum atomic E-state index is 12.8. The largest absolute Gasteiger partial charge is 0.544 e. The number of likely N-dealkylation sites (N-methyl/N-ethyl adjacent to an activating group) is 1. The number of unbranched alkanes of at least 4 members (excludes halogenated alkanes) is 20. The van der Waals surface area contributed by atoms with Gasteiger partial charge in [0.05, 0.1) is 40.3 Å². The molecule has 0 fully saturated rings. The molecule has 2 atom stereocenters. The van der Waals surface area contributed by atoms with E-state index in [1.54, 1.807) is 21.1 Å². The zero-order valence-corrected chi connectivity index (χ0v) is 40.1. The van der Waals surface area contributed by atoms with Crippen LogP contribution in [-0.2, 0) is 28.6 Å². The standard InChI is InChI=1S/C53H93NO7/c1-6-8-10-12-14-16-18-20-22-24-25-26-28-30-32-34-36-38-40-42-44-52(56)61-49(47-59-46-45-50(53(57)58)54(3,4)5)48-60-51(55)43-41-39-37-35-33-31-29-27-23-21-19-17-15-13-11-9-7-2/h8,10,14-17,20-23,49-50H,6-7,9,11-13,18-19,24-48H2,1-5H3/b10-8+,16-14+,17-15+,22-20+,23-21+. The first-order chi connectivity index (χ1) is 29.6. The number of quaternary nitrogens is 1. The molecule has 0 aromatic heterocycles. The third-order valence-corrected chi connectivity index (χ3v) is 10.9. The average molecular weight is 856 g/mol. The predicted octanol–water partition coefficient (Wildman–Crippen LogP) is 12.8. The fraction of sp³-hybridized carbons (Fsp3) is 0.755. The first kappa shape index (κ1) is 58.0. The van der Waals surface area contributed by atoms with E-state index < -0.39 is 18.1 Å². The zero-order chi connectivity index (χ0) is 44.9. The van der Waals surface area contributed by atoms with Gasteiger partial charge in [-0.15, -0.1) is 0 Å². The Balaban J connectivity index is 4.28. The Hall–Kier alpha value is -2.97. The molecule has 0 rings (SSSR count). The summed E-state index contributed by atoms with van der Waals surface area (Å²) < 4.78 is 17.2. The van der Waals surface area contributed by atoms with Gasteiger partial charge in [0.25, 0.3) is 0 Å². The summed E-state index contributed by atoms with van der Waals surface area (Å²) in [6.07, 6.45) is 53.8. The highest BCUT2D eigenvalue weighted by atomic mass is 16.6. The van der Waals surface area contributed by atoms with Crippen molar-refractivity contribution < 1.29 is 38.2 Å². The molecule has 352 valence electrons. The molecule has 0 amide bonds. The number of ether oxygens (including phenoxy) is 3. The first-order valence-electron chi connectivity index (χ1n) is 24.8. The van der Waals surface area contributed by atoms with E-state index in [2.05, 4.69) is 74.6 Å². The van der Waals surface area contributed by atoms with Crippen LogP contribution in [0.15, 0.2) is 60.8 Å². The summed E-state index contributed by atoms with van der Waals surface area (Å²) in [5.74, 6) is -1.75. The molecule has 0 spiro atoms. The summed E-state index contributed by atoms with van der Waals surface area (Å²) in [7, 11) is 5.41. The van der Waals surface area contributed by atoms with Gasteiger partial charge in [-0.2, -0.15) is 0 Å². The number of carboxylic acid groups (broad SMARTS) is 1. The number of allylic oxidation sites excluding steroid dienone is 10. The van der Waals surface area contributed by atoms with Gasteiger partial charge in [-0.3, -0.25) is 9.59 Å². The summed E-state index contributed by atoms with van der Waals surface area (Å²) in [5.41, 5.74) is 0. The van der Waals surface area contributed by atoms with Crippen LogP contribution in [0, 0.1) is 0 Å². The van der Waals surface area contributed by atoms with Gasteiger partial charge < -0.3 is 28.6 Å². The van der Waals surface area contributed by atoms with Crippen LogP contribution in [0.25, 0.3) is 0 Å². The number of carbonyl (C=O) groups is 3. The van der Waals surface area contributed by atoms with Crippen LogP contribution in [0.2, 0.25) is 0 Å². The lowest BCUT2D eigenvalue weighted by Gasteiger charge is -2.34. The smallest absolute Gasteiger partial charge is 0.306 e. The van der Waals surface area contributed by atoms with Gasteiger partial charge in [0.2, 0.25) is 0 Å². The van der Waals surface area contributed by atoms with Crippen molar-refractivity contribution in [3.05, 3.63) is 60.8 Å². The van der Waals surface area contributed by atoms with E-state index >= 15 is 0 Å². The molecule has 2 unspecified atom stereocenters. The second kappa shape index (κ2) is 43.7. The molecule has 61 heavy (non-hydrogen) atoms. The van der Waals surface area contributed by atoms with Crippen molar-refractivity contribution in [3.8, 4) is 0 Å². The van der Waals surface area contributed by atoms with E-state index in [0.717, 1.165) is 70.6 Å². The second-order valence-corrected chi connectivity index (χ2v) is 17.7. The van der Waals surface area contributed by atoms with Crippen LogP contribution < -0.4 is 5.11 Å². The van der Waals surface area contributed by atoms with E-state index in [9.17, 15) is 19.5 Å². The first-order valence-corrected chi connectivity index (χ1v) is 24.8. The van der Waals surface area contributed by atoms with Gasteiger partial charge in [-0.25, -0.2) is 0 Å². The van der Waals surface area contributed by atoms with Crippen molar-refractivity contribution in [2.45, 2.75) is 219 Å². The Morgan fingerprint density at radius 3 is 1.36 bits per heavy atom. The maximum absolute atomic E-state index is 12.8. The molecule has 0 bridgehead atoms. The summed E-state index contributed by atoms with van der Waals surface area (Å²) in [6.45, 7) is 4.53. The van der Waals surface area contributed by atoms with Crippen molar-refractivity contribution in [3.63, 3.8) is 0 Å². The lowest BCUT2D eigenvalue weighted by Crippen LogP contribution is -2.55. The van der Waals surface area contributed by atoms with Crippen LogP contribution in [-0.4, -0.2) is 75.5 Å². The van der Waals surface area contributed by atoms with Crippen LogP contribution in [0.1, 0.15) is 206 Å². The number of esters is 2. The van der Waals surface area contributed by atoms with Crippen LogP contribution in [0.5, 0.6) is 0 Å². The van der Waals surface area contributed by atoms with Crippen LogP contribution >= 0.6 is 0 Å². The minimum Gasteiger partial charge on any atom is -0.544 e. The second-order valence-electron chi connectivity index (χ2n) is 17.7. The number of aliphatic carboxylic acids is 1. The summed E-state index contributed by atoms with van der Waals surface area (Å²) >= 11 is 0. The van der Waals surface area contributed by atoms with Crippen molar-refractivity contribution in [2.24, 2.45) is 0 Å². The van der Waals surface area contributed by atoms with Gasteiger partial charge in [0, 0.05) is 19.3 Å². The van der Waals surface area contributed by atoms with Crippen LogP contribution in [0.3, 0.4) is 0 Å². The molecular weight excluding hydrogens is 763 g/mol. The highest BCUT2D eigenvalue weighted by molar-refractivity contribution is 5.70. The van der Waals surface area contributed by atoms with Gasteiger partial charge >= 0.3 is 11.9 Å². The predicted molar refractivity (Wildman–Crippen MR) is 254 cm³/mol. The summed E-state index contributed by atoms with van der Waals surface area (Å²) in [6, 6.07) is -0.730. The number of carbonyl (C=O) groups excluding carboxylic acids is 3. The van der Waals surface area contributed by atoms with E-state index in [1.165, 1.54) is 103 Å². The topological polar surface area (TPSA) is 102 Å². The number of carboxylic acids is 1. The molecule has 0 aliphatic heterocycles. The molecule has 0 aliphatic carbocycles.